The largest absolute Gasteiger partial charge is 0.518 e. The second-order valence-electron chi connectivity index (χ2n) is 5.59. The molecule has 0 radical (unpaired) electrons. The molecule has 0 amide bonds. The zero-order chi connectivity index (χ0) is 16.7. The van der Waals surface area contributed by atoms with E-state index in [4.69, 9.17) is 13.3 Å². The predicted octanol–water partition coefficient (Wildman–Crippen LogP) is 4.30. The molecule has 0 aliphatic carbocycles. The third-order valence-corrected chi connectivity index (χ3v) is 7.33. The fraction of sp³-hybridized carbons (Fsp3) is 1.00. The topological polar surface area (TPSA) is 39.7 Å². The Morgan fingerprint density at radius 2 is 1.23 bits per heavy atom. The molecule has 0 fully saturated rings. The minimum atomic E-state index is -2.62. The number of hydrogen-bond acceptors (Lipinski definition) is 4. The van der Waals surface area contributed by atoms with Crippen LogP contribution >= 0.6 is 0 Å². The molecule has 1 atom stereocenters. The Kier molecular flexibility index (Phi) is 14.7. The zero-order valence-electron chi connectivity index (χ0n) is 15.6. The van der Waals surface area contributed by atoms with Crippen LogP contribution in [0, 0.1) is 0 Å². The van der Waals surface area contributed by atoms with Gasteiger partial charge < -0.3 is 18.6 Å². The summed E-state index contributed by atoms with van der Waals surface area (Å²) < 4.78 is 18.0. The highest BCUT2D eigenvalue weighted by Crippen LogP contribution is 2.18. The van der Waals surface area contributed by atoms with E-state index in [1.165, 1.54) is 38.5 Å². The number of rotatable bonds is 16. The zero-order valence-corrected chi connectivity index (χ0v) is 16.6. The second kappa shape index (κ2) is 14.6. The molecule has 0 saturated heterocycles. The molecule has 0 aliphatic rings. The summed E-state index contributed by atoms with van der Waals surface area (Å²) >= 11 is 0. The van der Waals surface area contributed by atoms with Crippen molar-refractivity contribution in [3.8, 4) is 0 Å². The van der Waals surface area contributed by atoms with Gasteiger partial charge in [0.05, 0.1) is 5.67 Å². The van der Waals surface area contributed by atoms with E-state index >= 15 is 0 Å². The van der Waals surface area contributed by atoms with Gasteiger partial charge >= 0.3 is 8.80 Å². The lowest BCUT2D eigenvalue weighted by Gasteiger charge is -2.35. The lowest BCUT2D eigenvalue weighted by molar-refractivity contribution is 0.0573. The minimum absolute atomic E-state index is 0.197. The van der Waals surface area contributed by atoms with Crippen LogP contribution in [0.15, 0.2) is 0 Å². The van der Waals surface area contributed by atoms with Gasteiger partial charge in [0.15, 0.2) is 0 Å². The Morgan fingerprint density at radius 1 is 0.727 bits per heavy atom. The third kappa shape index (κ3) is 8.63. The molecule has 1 unspecified atom stereocenters. The number of nitrogens with one attached hydrogen (secondary N) is 1. The van der Waals surface area contributed by atoms with E-state index in [1.54, 1.807) is 0 Å². The molecule has 134 valence electrons. The summed E-state index contributed by atoms with van der Waals surface area (Å²) in [7, 11) is -2.62. The van der Waals surface area contributed by atoms with Crippen LogP contribution in [0.5, 0.6) is 0 Å². The molecule has 0 aliphatic heterocycles. The van der Waals surface area contributed by atoms with Crippen molar-refractivity contribution in [3.05, 3.63) is 0 Å². The Balaban J connectivity index is 4.33. The van der Waals surface area contributed by atoms with Crippen molar-refractivity contribution in [2.75, 3.05) is 26.4 Å². The predicted molar refractivity (Wildman–Crippen MR) is 96.1 cm³/mol. The molecule has 0 heterocycles. The summed E-state index contributed by atoms with van der Waals surface area (Å²) in [4.78, 5) is 0. The maximum atomic E-state index is 6.01. The molecule has 0 saturated carbocycles. The summed E-state index contributed by atoms with van der Waals surface area (Å²) in [5.74, 6) is 0. The highest BCUT2D eigenvalue weighted by Gasteiger charge is 2.48. The van der Waals surface area contributed by atoms with E-state index in [-0.39, 0.29) is 5.67 Å². The first-order chi connectivity index (χ1) is 10.7. The lowest BCUT2D eigenvalue weighted by Crippen LogP contribution is -2.62. The Morgan fingerprint density at radius 3 is 1.68 bits per heavy atom. The Hall–Kier alpha value is 0.0569. The van der Waals surface area contributed by atoms with Crippen molar-refractivity contribution in [1.82, 2.24) is 5.32 Å². The van der Waals surface area contributed by atoms with Crippen molar-refractivity contribution < 1.29 is 13.3 Å². The molecule has 5 heteroatoms. The molecule has 0 spiro atoms. The average molecular weight is 334 g/mol. The third-order valence-electron chi connectivity index (χ3n) is 3.79. The van der Waals surface area contributed by atoms with Gasteiger partial charge in [-0.2, -0.15) is 0 Å². The first kappa shape index (κ1) is 22.1. The first-order valence-corrected chi connectivity index (χ1v) is 11.2. The smallest absolute Gasteiger partial charge is 0.373 e. The Labute approximate surface area is 139 Å². The summed E-state index contributed by atoms with van der Waals surface area (Å²) in [6.07, 6.45) is 8.87. The summed E-state index contributed by atoms with van der Waals surface area (Å²) in [5, 5.41) is 3.64. The highest BCUT2D eigenvalue weighted by molar-refractivity contribution is 6.62. The minimum Gasteiger partial charge on any atom is -0.373 e. The number of hydrogen-bond donors (Lipinski definition) is 1. The molecule has 0 rings (SSSR count). The molecule has 0 aromatic rings. The van der Waals surface area contributed by atoms with Gasteiger partial charge in [0.25, 0.3) is 0 Å². The van der Waals surface area contributed by atoms with Crippen molar-refractivity contribution in [2.24, 2.45) is 0 Å². The van der Waals surface area contributed by atoms with Crippen molar-refractivity contribution in [1.29, 1.82) is 0 Å². The van der Waals surface area contributed by atoms with Crippen molar-refractivity contribution in [2.45, 2.75) is 85.2 Å². The van der Waals surface area contributed by atoms with Gasteiger partial charge in [-0.3, -0.25) is 0 Å². The molecule has 0 aromatic heterocycles. The van der Waals surface area contributed by atoms with Crippen LogP contribution in [0.25, 0.3) is 0 Å². The van der Waals surface area contributed by atoms with Crippen molar-refractivity contribution >= 4 is 8.80 Å². The molecule has 0 aromatic carbocycles. The van der Waals surface area contributed by atoms with E-state index in [0.717, 1.165) is 13.0 Å². The van der Waals surface area contributed by atoms with Gasteiger partial charge in [-0.05, 0) is 40.2 Å². The normalized spacial score (nSPS) is 13.5. The molecular formula is C17H39NO3Si. The van der Waals surface area contributed by atoms with E-state index in [0.29, 0.717) is 19.8 Å². The SMILES string of the molecule is CCCCCCCCNC(CC)[Si](OCC)(OCC)OCC. The summed E-state index contributed by atoms with van der Waals surface area (Å²) in [6.45, 7) is 13.4. The van der Waals surface area contributed by atoms with E-state index in [2.05, 4.69) is 19.2 Å². The maximum absolute atomic E-state index is 6.01. The van der Waals surface area contributed by atoms with Crippen LogP contribution in [0.1, 0.15) is 79.6 Å². The monoisotopic (exact) mass is 333 g/mol. The maximum Gasteiger partial charge on any atom is 0.518 e. The van der Waals surface area contributed by atoms with Gasteiger partial charge in [0, 0.05) is 19.8 Å². The highest BCUT2D eigenvalue weighted by atomic mass is 28.4. The van der Waals surface area contributed by atoms with Crippen LogP contribution in [0.3, 0.4) is 0 Å². The van der Waals surface area contributed by atoms with Crippen LogP contribution < -0.4 is 5.32 Å². The summed E-state index contributed by atoms with van der Waals surface area (Å²) in [5.41, 5.74) is 0.197. The van der Waals surface area contributed by atoms with Crippen LogP contribution in [-0.2, 0) is 13.3 Å². The second-order valence-corrected chi connectivity index (χ2v) is 8.36. The van der Waals surface area contributed by atoms with Crippen molar-refractivity contribution in [3.63, 3.8) is 0 Å². The quantitative estimate of drug-likeness (QED) is 0.338. The summed E-state index contributed by atoms with van der Waals surface area (Å²) in [6, 6.07) is 0. The van der Waals surface area contributed by atoms with Crippen LogP contribution in [-0.4, -0.2) is 40.8 Å². The van der Waals surface area contributed by atoms with Crippen LogP contribution in [0.4, 0.5) is 0 Å². The molecule has 4 nitrogen and oxygen atoms in total. The van der Waals surface area contributed by atoms with Gasteiger partial charge in [0.2, 0.25) is 0 Å². The van der Waals surface area contributed by atoms with Gasteiger partial charge in [-0.25, -0.2) is 0 Å². The standard InChI is InChI=1S/C17H39NO3Si/c1-6-11-12-13-14-15-16-18-17(7-2)22(19-8-3,20-9-4)21-10-5/h17-18H,6-16H2,1-5H3. The van der Waals surface area contributed by atoms with E-state index in [9.17, 15) is 0 Å². The molecular weight excluding hydrogens is 294 g/mol. The molecule has 1 N–H and O–H groups in total. The average Bonchev–Trinajstić information content (AvgIpc) is 2.51. The first-order valence-electron chi connectivity index (χ1n) is 9.35. The number of unbranched alkanes of at least 4 members (excludes halogenated alkanes) is 5. The molecule has 22 heavy (non-hydrogen) atoms. The van der Waals surface area contributed by atoms with Gasteiger partial charge in [0.1, 0.15) is 0 Å². The van der Waals surface area contributed by atoms with E-state index in [1.807, 2.05) is 20.8 Å². The fourth-order valence-corrected chi connectivity index (χ4v) is 5.69. The van der Waals surface area contributed by atoms with Crippen LogP contribution in [0.2, 0.25) is 0 Å². The van der Waals surface area contributed by atoms with Gasteiger partial charge in [-0.15, -0.1) is 0 Å². The fourth-order valence-electron chi connectivity index (χ4n) is 2.73. The van der Waals surface area contributed by atoms with Gasteiger partial charge in [-0.1, -0.05) is 46.0 Å². The Bertz CT molecular complexity index is 225. The van der Waals surface area contributed by atoms with E-state index < -0.39 is 8.80 Å². The lowest BCUT2D eigenvalue weighted by atomic mass is 10.1. The molecule has 0 bridgehead atoms.